The highest BCUT2D eigenvalue weighted by molar-refractivity contribution is 5.83. The van der Waals surface area contributed by atoms with Crippen molar-refractivity contribution in [1.82, 2.24) is 0 Å². The van der Waals surface area contributed by atoms with Crippen LogP contribution < -0.4 is 11.5 Å². The second-order valence-corrected chi connectivity index (χ2v) is 3.08. The molecule has 14 heavy (non-hydrogen) atoms. The van der Waals surface area contributed by atoms with E-state index < -0.39 is 12.0 Å². The van der Waals surface area contributed by atoms with Gasteiger partial charge in [-0.2, -0.15) is 0 Å². The van der Waals surface area contributed by atoms with Crippen molar-refractivity contribution in [2.24, 2.45) is 11.5 Å². The van der Waals surface area contributed by atoms with E-state index in [1.54, 1.807) is 13.0 Å². The van der Waals surface area contributed by atoms with Crippen molar-refractivity contribution < 1.29 is 14.3 Å². The third-order valence-electron chi connectivity index (χ3n) is 1.31. The molecule has 0 saturated heterocycles. The number of ketones is 1. The molecule has 0 aliphatic carbocycles. The Bertz CT molecular complexity index is 236. The van der Waals surface area contributed by atoms with Gasteiger partial charge in [0.2, 0.25) is 0 Å². The molecule has 0 fully saturated rings. The first-order valence-corrected chi connectivity index (χ1v) is 4.29. The standard InChI is InChI=1S/C9H16N2O3/c1-6(10)3-4-8(11)9(13)14-5-7(2)12/h3-4,6,8H,5,10-11H2,1-2H3/b4-3-. The van der Waals surface area contributed by atoms with Gasteiger partial charge in [0.25, 0.3) is 0 Å². The number of Topliss-reactive ketones (excluding diaryl/α,β-unsaturated/α-hetero) is 1. The first-order valence-electron chi connectivity index (χ1n) is 4.29. The molecule has 2 unspecified atom stereocenters. The van der Waals surface area contributed by atoms with Crippen LogP contribution >= 0.6 is 0 Å². The van der Waals surface area contributed by atoms with Gasteiger partial charge in [-0.3, -0.25) is 9.59 Å². The molecule has 0 aliphatic rings. The van der Waals surface area contributed by atoms with Crippen LogP contribution in [0, 0.1) is 0 Å². The van der Waals surface area contributed by atoms with Crippen LogP contribution in [-0.4, -0.2) is 30.4 Å². The van der Waals surface area contributed by atoms with Gasteiger partial charge in [0.1, 0.15) is 12.6 Å². The Morgan fingerprint density at radius 3 is 2.36 bits per heavy atom. The Morgan fingerprint density at radius 2 is 1.93 bits per heavy atom. The normalized spacial score (nSPS) is 15.1. The molecule has 0 heterocycles. The van der Waals surface area contributed by atoms with E-state index in [4.69, 9.17) is 11.5 Å². The first kappa shape index (κ1) is 12.8. The summed E-state index contributed by atoms with van der Waals surface area (Å²) in [5.41, 5.74) is 10.8. The van der Waals surface area contributed by atoms with E-state index in [0.29, 0.717) is 0 Å². The number of esters is 1. The third-order valence-corrected chi connectivity index (χ3v) is 1.31. The molecule has 0 rings (SSSR count). The van der Waals surface area contributed by atoms with Gasteiger partial charge in [0.05, 0.1) is 0 Å². The highest BCUT2D eigenvalue weighted by atomic mass is 16.5. The number of hydrogen-bond acceptors (Lipinski definition) is 5. The van der Waals surface area contributed by atoms with Crippen molar-refractivity contribution in [3.63, 3.8) is 0 Å². The lowest BCUT2D eigenvalue weighted by Crippen LogP contribution is -2.31. The van der Waals surface area contributed by atoms with Gasteiger partial charge in [-0.15, -0.1) is 0 Å². The van der Waals surface area contributed by atoms with Crippen LogP contribution in [-0.2, 0) is 14.3 Å². The van der Waals surface area contributed by atoms with Crippen LogP contribution in [0.1, 0.15) is 13.8 Å². The fourth-order valence-electron chi connectivity index (χ4n) is 0.643. The number of nitrogens with two attached hydrogens (primary N) is 2. The Kier molecular flexibility index (Phi) is 5.74. The maximum Gasteiger partial charge on any atom is 0.327 e. The minimum absolute atomic E-state index is 0.165. The summed E-state index contributed by atoms with van der Waals surface area (Å²) in [5, 5.41) is 0. The van der Waals surface area contributed by atoms with Gasteiger partial charge in [-0.25, -0.2) is 0 Å². The number of hydrogen-bond donors (Lipinski definition) is 2. The summed E-state index contributed by atoms with van der Waals surface area (Å²) < 4.78 is 4.59. The van der Waals surface area contributed by atoms with Crippen LogP contribution in [0.3, 0.4) is 0 Å². The average Bonchev–Trinajstić information content (AvgIpc) is 2.09. The lowest BCUT2D eigenvalue weighted by atomic mass is 10.2. The number of ether oxygens (including phenoxy) is 1. The molecule has 0 aromatic carbocycles. The third kappa shape index (κ3) is 6.33. The number of carbonyl (C=O) groups is 2. The highest BCUT2D eigenvalue weighted by Gasteiger charge is 2.11. The molecule has 4 N–H and O–H groups in total. The zero-order valence-corrected chi connectivity index (χ0v) is 8.40. The highest BCUT2D eigenvalue weighted by Crippen LogP contribution is 1.90. The predicted molar refractivity (Wildman–Crippen MR) is 52.4 cm³/mol. The molecule has 0 aromatic rings. The quantitative estimate of drug-likeness (QED) is 0.454. The smallest absolute Gasteiger partial charge is 0.327 e. The van der Waals surface area contributed by atoms with Gasteiger partial charge < -0.3 is 16.2 Å². The van der Waals surface area contributed by atoms with Gasteiger partial charge in [0.15, 0.2) is 5.78 Å². The molecule has 0 aliphatic heterocycles. The summed E-state index contributed by atoms with van der Waals surface area (Å²) in [7, 11) is 0. The zero-order chi connectivity index (χ0) is 11.1. The summed E-state index contributed by atoms with van der Waals surface area (Å²) in [6.07, 6.45) is 3.05. The van der Waals surface area contributed by atoms with E-state index in [2.05, 4.69) is 4.74 Å². The van der Waals surface area contributed by atoms with E-state index in [1.807, 2.05) is 0 Å². The van der Waals surface area contributed by atoms with E-state index in [-0.39, 0.29) is 18.4 Å². The van der Waals surface area contributed by atoms with Gasteiger partial charge in [-0.1, -0.05) is 12.2 Å². The fraction of sp³-hybridized carbons (Fsp3) is 0.556. The van der Waals surface area contributed by atoms with E-state index >= 15 is 0 Å². The Hall–Kier alpha value is -1.20. The minimum atomic E-state index is -0.861. The SMILES string of the molecule is CC(=O)COC(=O)C(N)/C=C\C(C)N. The van der Waals surface area contributed by atoms with Crippen LogP contribution in [0.15, 0.2) is 12.2 Å². The molecule has 5 heteroatoms. The van der Waals surface area contributed by atoms with Gasteiger partial charge in [0, 0.05) is 6.04 Å². The lowest BCUT2D eigenvalue weighted by Gasteiger charge is -2.06. The molecule has 0 aromatic heterocycles. The van der Waals surface area contributed by atoms with Crippen LogP contribution in [0.4, 0.5) is 0 Å². The van der Waals surface area contributed by atoms with Crippen molar-refractivity contribution in [3.05, 3.63) is 12.2 Å². The first-order chi connectivity index (χ1) is 6.43. The molecule has 0 amide bonds. The van der Waals surface area contributed by atoms with Crippen LogP contribution in [0.2, 0.25) is 0 Å². The molecular weight excluding hydrogens is 184 g/mol. The Morgan fingerprint density at radius 1 is 1.36 bits per heavy atom. The van der Waals surface area contributed by atoms with E-state index in [9.17, 15) is 9.59 Å². The Balaban J connectivity index is 3.93. The molecule has 0 radical (unpaired) electrons. The molecule has 5 nitrogen and oxygen atoms in total. The summed E-state index contributed by atoms with van der Waals surface area (Å²) in [6, 6.07) is -1.03. The van der Waals surface area contributed by atoms with Crippen LogP contribution in [0.5, 0.6) is 0 Å². The summed E-state index contributed by atoms with van der Waals surface area (Å²) >= 11 is 0. The van der Waals surface area contributed by atoms with Gasteiger partial charge >= 0.3 is 5.97 Å². The fourth-order valence-corrected chi connectivity index (χ4v) is 0.643. The topological polar surface area (TPSA) is 95.4 Å². The van der Waals surface area contributed by atoms with Gasteiger partial charge in [-0.05, 0) is 13.8 Å². The molecule has 80 valence electrons. The van der Waals surface area contributed by atoms with Crippen molar-refractivity contribution in [1.29, 1.82) is 0 Å². The summed E-state index contributed by atoms with van der Waals surface area (Å²) in [6.45, 7) is 2.85. The molecule has 0 spiro atoms. The largest absolute Gasteiger partial charge is 0.456 e. The molecule has 0 bridgehead atoms. The monoisotopic (exact) mass is 200 g/mol. The minimum Gasteiger partial charge on any atom is -0.456 e. The summed E-state index contributed by atoms with van der Waals surface area (Å²) in [4.78, 5) is 21.5. The summed E-state index contributed by atoms with van der Waals surface area (Å²) in [5.74, 6) is -0.848. The van der Waals surface area contributed by atoms with Crippen molar-refractivity contribution in [2.45, 2.75) is 25.9 Å². The second-order valence-electron chi connectivity index (χ2n) is 3.08. The maximum atomic E-state index is 11.1. The number of carbonyl (C=O) groups excluding carboxylic acids is 2. The second kappa shape index (κ2) is 6.28. The molecule has 0 saturated carbocycles. The van der Waals surface area contributed by atoms with Crippen molar-refractivity contribution >= 4 is 11.8 Å². The maximum absolute atomic E-state index is 11.1. The van der Waals surface area contributed by atoms with Crippen molar-refractivity contribution in [2.75, 3.05) is 6.61 Å². The Labute approximate surface area is 83.1 Å². The van der Waals surface area contributed by atoms with E-state index in [1.165, 1.54) is 13.0 Å². The lowest BCUT2D eigenvalue weighted by molar-refractivity contribution is -0.147. The van der Waals surface area contributed by atoms with Crippen molar-refractivity contribution in [3.8, 4) is 0 Å². The average molecular weight is 200 g/mol. The zero-order valence-electron chi connectivity index (χ0n) is 8.40. The predicted octanol–water partition coefficient (Wildman–Crippen LogP) is -0.651. The van der Waals surface area contributed by atoms with E-state index in [0.717, 1.165) is 0 Å². The molecule has 2 atom stereocenters. The molecular formula is C9H16N2O3. The van der Waals surface area contributed by atoms with Crippen LogP contribution in [0.25, 0.3) is 0 Å². The number of rotatable bonds is 5.